The molecule has 0 spiro atoms. The average Bonchev–Trinajstić information content (AvgIpc) is 2.81. The number of amides is 2. The average molecular weight is 437 g/mol. The molecular weight excluding hydrogens is 400 g/mol. The molecule has 32 heavy (non-hydrogen) atoms. The van der Waals surface area contributed by atoms with Crippen LogP contribution in [-0.2, 0) is 22.6 Å². The molecule has 0 bridgehead atoms. The van der Waals surface area contributed by atoms with Gasteiger partial charge in [-0.3, -0.25) is 9.59 Å². The van der Waals surface area contributed by atoms with Crippen molar-refractivity contribution in [3.8, 4) is 5.75 Å². The molecule has 1 N–H and O–H groups in total. The second-order valence-electron chi connectivity index (χ2n) is 8.82. The zero-order valence-corrected chi connectivity index (χ0v) is 19.6. The van der Waals surface area contributed by atoms with Crippen LogP contribution >= 0.6 is 0 Å². The van der Waals surface area contributed by atoms with Crippen molar-refractivity contribution < 1.29 is 14.3 Å². The Bertz CT molecular complexity index is 888. The van der Waals surface area contributed by atoms with Gasteiger partial charge in [0.1, 0.15) is 11.8 Å². The van der Waals surface area contributed by atoms with Crippen molar-refractivity contribution in [2.75, 3.05) is 6.61 Å². The molecule has 2 aromatic carbocycles. The topological polar surface area (TPSA) is 58.6 Å². The number of ether oxygens (including phenoxy) is 1. The van der Waals surface area contributed by atoms with Gasteiger partial charge in [-0.1, -0.05) is 68.1 Å². The van der Waals surface area contributed by atoms with E-state index in [0.29, 0.717) is 12.3 Å². The van der Waals surface area contributed by atoms with Crippen LogP contribution in [0.25, 0.3) is 0 Å². The van der Waals surface area contributed by atoms with Gasteiger partial charge in [-0.15, -0.1) is 0 Å². The number of rotatable bonds is 9. The fraction of sp³-hybridized carbons (Fsp3) is 0.481. The highest BCUT2D eigenvalue weighted by Crippen LogP contribution is 2.19. The summed E-state index contributed by atoms with van der Waals surface area (Å²) in [6, 6.07) is 15.5. The number of carbonyl (C=O) groups excluding carboxylic acids is 2. The maximum Gasteiger partial charge on any atom is 0.261 e. The quantitative estimate of drug-likeness (QED) is 0.614. The monoisotopic (exact) mass is 436 g/mol. The minimum atomic E-state index is -0.573. The second-order valence-corrected chi connectivity index (χ2v) is 8.82. The molecule has 0 unspecified atom stereocenters. The van der Waals surface area contributed by atoms with Gasteiger partial charge in [-0.05, 0) is 56.4 Å². The van der Waals surface area contributed by atoms with E-state index in [1.165, 1.54) is 12.0 Å². The SMILES string of the molecule is CCc1ccc(OCC(=O)N(Cc2cccc(C)c2)[C@H](C)C(=O)NC2CCCCC2)cc1. The molecule has 1 aliphatic rings. The maximum atomic E-state index is 13.2. The summed E-state index contributed by atoms with van der Waals surface area (Å²) in [6.45, 7) is 6.21. The van der Waals surface area contributed by atoms with Crippen molar-refractivity contribution in [2.45, 2.75) is 77.9 Å². The first-order chi connectivity index (χ1) is 15.5. The molecule has 1 aliphatic carbocycles. The van der Waals surface area contributed by atoms with E-state index < -0.39 is 6.04 Å². The Morgan fingerprint density at radius 2 is 1.78 bits per heavy atom. The lowest BCUT2D eigenvalue weighted by atomic mass is 9.95. The molecule has 2 amide bonds. The van der Waals surface area contributed by atoms with Crippen LogP contribution in [0.4, 0.5) is 0 Å². The number of aryl methyl sites for hydroxylation is 2. The molecule has 1 saturated carbocycles. The first-order valence-corrected chi connectivity index (χ1v) is 11.8. The summed E-state index contributed by atoms with van der Waals surface area (Å²) in [4.78, 5) is 27.8. The summed E-state index contributed by atoms with van der Waals surface area (Å²) in [5, 5.41) is 3.16. The van der Waals surface area contributed by atoms with E-state index in [-0.39, 0.29) is 24.5 Å². The molecule has 1 atom stereocenters. The van der Waals surface area contributed by atoms with E-state index in [1.54, 1.807) is 4.90 Å². The van der Waals surface area contributed by atoms with E-state index in [1.807, 2.05) is 56.3 Å². The summed E-state index contributed by atoms with van der Waals surface area (Å²) in [5.74, 6) is 0.368. The van der Waals surface area contributed by atoms with Gasteiger partial charge in [0.25, 0.3) is 5.91 Å². The van der Waals surface area contributed by atoms with Crippen molar-refractivity contribution in [3.63, 3.8) is 0 Å². The van der Waals surface area contributed by atoms with Crippen molar-refractivity contribution in [1.82, 2.24) is 10.2 Å². The van der Waals surface area contributed by atoms with Gasteiger partial charge in [0.2, 0.25) is 5.91 Å². The molecule has 0 heterocycles. The molecule has 3 rings (SSSR count). The third-order valence-corrected chi connectivity index (χ3v) is 6.25. The zero-order valence-electron chi connectivity index (χ0n) is 19.6. The highest BCUT2D eigenvalue weighted by molar-refractivity contribution is 5.88. The van der Waals surface area contributed by atoms with Gasteiger partial charge in [0, 0.05) is 12.6 Å². The van der Waals surface area contributed by atoms with Crippen molar-refractivity contribution >= 4 is 11.8 Å². The van der Waals surface area contributed by atoms with Gasteiger partial charge in [-0.25, -0.2) is 0 Å². The third kappa shape index (κ3) is 6.84. The lowest BCUT2D eigenvalue weighted by Crippen LogP contribution is -2.51. The molecule has 0 aromatic heterocycles. The first-order valence-electron chi connectivity index (χ1n) is 11.8. The predicted octanol–water partition coefficient (Wildman–Crippen LogP) is 4.80. The standard InChI is InChI=1S/C27H36N2O3/c1-4-22-13-15-25(16-14-22)32-19-26(30)29(18-23-10-8-9-20(2)17-23)21(3)27(31)28-24-11-6-5-7-12-24/h8-10,13-17,21,24H,4-7,11-12,18-19H2,1-3H3,(H,28,31)/t21-/m1/s1. The molecule has 5 heteroatoms. The zero-order chi connectivity index (χ0) is 22.9. The molecule has 2 aromatic rings. The number of nitrogens with one attached hydrogen (secondary N) is 1. The molecule has 1 fully saturated rings. The lowest BCUT2D eigenvalue weighted by Gasteiger charge is -2.31. The smallest absolute Gasteiger partial charge is 0.261 e. The van der Waals surface area contributed by atoms with Gasteiger partial charge in [0.15, 0.2) is 6.61 Å². The van der Waals surface area contributed by atoms with E-state index in [4.69, 9.17) is 4.74 Å². The minimum absolute atomic E-state index is 0.0924. The number of hydrogen-bond donors (Lipinski definition) is 1. The number of hydrogen-bond acceptors (Lipinski definition) is 3. The van der Waals surface area contributed by atoms with E-state index in [9.17, 15) is 9.59 Å². The van der Waals surface area contributed by atoms with E-state index >= 15 is 0 Å². The van der Waals surface area contributed by atoms with Crippen molar-refractivity contribution in [1.29, 1.82) is 0 Å². The highest BCUT2D eigenvalue weighted by atomic mass is 16.5. The van der Waals surface area contributed by atoms with Crippen molar-refractivity contribution in [3.05, 3.63) is 65.2 Å². The molecule has 172 valence electrons. The largest absolute Gasteiger partial charge is 0.484 e. The Morgan fingerprint density at radius 1 is 1.06 bits per heavy atom. The van der Waals surface area contributed by atoms with E-state index in [0.717, 1.165) is 43.2 Å². The Kier molecular flexibility index (Phi) is 8.72. The van der Waals surface area contributed by atoms with Crippen LogP contribution in [0, 0.1) is 6.92 Å². The van der Waals surface area contributed by atoms with Gasteiger partial charge in [-0.2, -0.15) is 0 Å². The van der Waals surface area contributed by atoms with Crippen LogP contribution in [0.2, 0.25) is 0 Å². The number of carbonyl (C=O) groups is 2. The Labute approximate surface area is 192 Å². The lowest BCUT2D eigenvalue weighted by molar-refractivity contribution is -0.142. The minimum Gasteiger partial charge on any atom is -0.484 e. The summed E-state index contributed by atoms with van der Waals surface area (Å²) < 4.78 is 5.77. The van der Waals surface area contributed by atoms with Crippen LogP contribution in [0.3, 0.4) is 0 Å². The summed E-state index contributed by atoms with van der Waals surface area (Å²) in [7, 11) is 0. The van der Waals surface area contributed by atoms with Crippen LogP contribution in [0.15, 0.2) is 48.5 Å². The van der Waals surface area contributed by atoms with Crippen LogP contribution in [0.1, 0.15) is 62.6 Å². The summed E-state index contributed by atoms with van der Waals surface area (Å²) in [6.07, 6.45) is 6.52. The van der Waals surface area contributed by atoms with Crippen LogP contribution in [0.5, 0.6) is 5.75 Å². The van der Waals surface area contributed by atoms with E-state index in [2.05, 4.69) is 18.3 Å². The Hall–Kier alpha value is -2.82. The molecule has 5 nitrogen and oxygen atoms in total. The fourth-order valence-corrected chi connectivity index (χ4v) is 4.21. The molecule has 0 saturated heterocycles. The van der Waals surface area contributed by atoms with Gasteiger partial charge < -0.3 is 15.0 Å². The fourth-order valence-electron chi connectivity index (χ4n) is 4.21. The van der Waals surface area contributed by atoms with Gasteiger partial charge >= 0.3 is 0 Å². The maximum absolute atomic E-state index is 13.2. The Balaban J connectivity index is 1.69. The highest BCUT2D eigenvalue weighted by Gasteiger charge is 2.28. The normalized spacial score (nSPS) is 15.1. The van der Waals surface area contributed by atoms with Crippen molar-refractivity contribution in [2.24, 2.45) is 0 Å². The van der Waals surface area contributed by atoms with Crippen LogP contribution in [-0.4, -0.2) is 35.4 Å². The molecule has 0 radical (unpaired) electrons. The first kappa shape index (κ1) is 23.8. The number of benzene rings is 2. The predicted molar refractivity (Wildman–Crippen MR) is 128 cm³/mol. The van der Waals surface area contributed by atoms with Crippen LogP contribution < -0.4 is 10.1 Å². The van der Waals surface area contributed by atoms with Gasteiger partial charge in [0.05, 0.1) is 0 Å². The summed E-state index contributed by atoms with van der Waals surface area (Å²) >= 11 is 0. The molecule has 0 aliphatic heterocycles. The molecular formula is C27H36N2O3. The third-order valence-electron chi connectivity index (χ3n) is 6.25. The summed E-state index contributed by atoms with van der Waals surface area (Å²) in [5.41, 5.74) is 3.35. The second kappa shape index (κ2) is 11.7. The number of nitrogens with zero attached hydrogens (tertiary/aromatic N) is 1. The Morgan fingerprint density at radius 3 is 2.44 bits per heavy atom.